The van der Waals surface area contributed by atoms with E-state index in [-0.39, 0.29) is 10.4 Å². The lowest BCUT2D eigenvalue weighted by atomic mass is 10.2. The van der Waals surface area contributed by atoms with Gasteiger partial charge in [0.05, 0.1) is 5.39 Å². The molecule has 0 saturated heterocycles. The van der Waals surface area contributed by atoms with E-state index in [2.05, 4.69) is 10.3 Å². The van der Waals surface area contributed by atoms with Gasteiger partial charge in [-0.25, -0.2) is 18.6 Å². The molecule has 156 valence electrons. The predicted molar refractivity (Wildman–Crippen MR) is 107 cm³/mol. The Morgan fingerprint density at radius 1 is 1.30 bits per heavy atom. The summed E-state index contributed by atoms with van der Waals surface area (Å²) in [6.07, 6.45) is 0.231. The molecule has 1 amide bonds. The highest BCUT2D eigenvalue weighted by Crippen LogP contribution is 2.29. The standard InChI is InChI=1S/C20H17F2N3O4S/c1-9-14-18(23-13-7-4-8-25(13)19(14)27)30-16(9)20(28)29-10(2)17(26)24-15-11(21)5-3-6-12(15)22/h3,5-6,10H,4,7-8H2,1-2H3,(H,24,26). The zero-order valence-corrected chi connectivity index (χ0v) is 16.9. The minimum atomic E-state index is -1.32. The predicted octanol–water partition coefficient (Wildman–Crippen LogP) is 3.17. The quantitative estimate of drug-likeness (QED) is 0.639. The topological polar surface area (TPSA) is 90.3 Å². The van der Waals surface area contributed by atoms with Gasteiger partial charge in [0.25, 0.3) is 11.5 Å². The fourth-order valence-corrected chi connectivity index (χ4v) is 4.45. The molecule has 1 aromatic carbocycles. The van der Waals surface area contributed by atoms with Crippen LogP contribution in [0.3, 0.4) is 0 Å². The number of benzene rings is 1. The molecule has 3 aromatic rings. The third kappa shape index (κ3) is 3.36. The summed E-state index contributed by atoms with van der Waals surface area (Å²) in [5.41, 5.74) is -0.372. The molecular weight excluding hydrogens is 416 g/mol. The van der Waals surface area contributed by atoms with E-state index in [9.17, 15) is 23.2 Å². The number of carbonyl (C=O) groups excluding carboxylic acids is 2. The number of aromatic nitrogens is 2. The molecule has 0 saturated carbocycles. The maximum Gasteiger partial charge on any atom is 0.349 e. The van der Waals surface area contributed by atoms with E-state index in [1.54, 1.807) is 11.5 Å². The summed E-state index contributed by atoms with van der Waals surface area (Å²) >= 11 is 1.02. The van der Waals surface area contributed by atoms with Crippen molar-refractivity contribution in [3.63, 3.8) is 0 Å². The number of esters is 1. The van der Waals surface area contributed by atoms with Gasteiger partial charge in [0.1, 0.15) is 32.9 Å². The average Bonchev–Trinajstić information content (AvgIpc) is 3.29. The first-order valence-electron chi connectivity index (χ1n) is 9.26. The SMILES string of the molecule is Cc1c(C(=O)OC(C)C(=O)Nc2c(F)cccc2F)sc2nc3n(c(=O)c12)CCC3. The number of nitrogens with zero attached hydrogens (tertiary/aromatic N) is 2. The van der Waals surface area contributed by atoms with Gasteiger partial charge in [0, 0.05) is 13.0 Å². The Labute approximate surface area is 173 Å². The van der Waals surface area contributed by atoms with Gasteiger partial charge in [-0.2, -0.15) is 0 Å². The molecule has 0 spiro atoms. The van der Waals surface area contributed by atoms with Crippen LogP contribution in [-0.2, 0) is 22.5 Å². The molecule has 0 aliphatic carbocycles. The Bertz CT molecular complexity index is 1230. The van der Waals surface area contributed by atoms with E-state index in [4.69, 9.17) is 4.74 Å². The second-order valence-electron chi connectivity index (χ2n) is 6.96. The van der Waals surface area contributed by atoms with Gasteiger partial charge in [0.15, 0.2) is 6.10 Å². The Hall–Kier alpha value is -3.14. The fourth-order valence-electron chi connectivity index (χ4n) is 3.38. The molecule has 1 aliphatic rings. The van der Waals surface area contributed by atoms with Crippen LogP contribution in [0.25, 0.3) is 10.2 Å². The molecule has 3 heterocycles. The number of rotatable bonds is 4. The monoisotopic (exact) mass is 433 g/mol. The zero-order valence-electron chi connectivity index (χ0n) is 16.1. The molecule has 0 bridgehead atoms. The maximum absolute atomic E-state index is 13.7. The summed E-state index contributed by atoms with van der Waals surface area (Å²) in [6.45, 7) is 3.51. The molecule has 1 unspecified atom stereocenters. The number of aryl methyl sites for hydroxylation is 2. The van der Waals surface area contributed by atoms with Crippen molar-refractivity contribution in [2.24, 2.45) is 0 Å². The Morgan fingerprint density at radius 3 is 2.70 bits per heavy atom. The van der Waals surface area contributed by atoms with Crippen molar-refractivity contribution in [1.82, 2.24) is 9.55 Å². The number of hydrogen-bond acceptors (Lipinski definition) is 6. The second kappa shape index (κ2) is 7.60. The Morgan fingerprint density at radius 2 is 2.00 bits per heavy atom. The fraction of sp³-hybridized carbons (Fsp3) is 0.300. The van der Waals surface area contributed by atoms with Crippen molar-refractivity contribution in [1.29, 1.82) is 0 Å². The highest BCUT2D eigenvalue weighted by Gasteiger charge is 2.27. The van der Waals surface area contributed by atoms with Gasteiger partial charge in [-0.15, -0.1) is 11.3 Å². The number of carbonyl (C=O) groups is 2. The second-order valence-corrected chi connectivity index (χ2v) is 7.96. The molecule has 7 nitrogen and oxygen atoms in total. The highest BCUT2D eigenvalue weighted by molar-refractivity contribution is 7.20. The molecular formula is C20H17F2N3O4S. The summed E-state index contributed by atoms with van der Waals surface area (Å²) in [4.78, 5) is 42.7. The van der Waals surface area contributed by atoms with Crippen molar-refractivity contribution in [2.45, 2.75) is 39.3 Å². The van der Waals surface area contributed by atoms with Crippen molar-refractivity contribution in [3.8, 4) is 0 Å². The summed E-state index contributed by atoms with van der Waals surface area (Å²) < 4.78 is 34.2. The third-order valence-corrected chi connectivity index (χ3v) is 6.13. The van der Waals surface area contributed by atoms with E-state index < -0.39 is 35.3 Å². The molecule has 30 heavy (non-hydrogen) atoms. The minimum absolute atomic E-state index is 0.163. The summed E-state index contributed by atoms with van der Waals surface area (Å²) in [6, 6.07) is 3.16. The van der Waals surface area contributed by atoms with Crippen molar-refractivity contribution < 1.29 is 23.1 Å². The van der Waals surface area contributed by atoms with Crippen LogP contribution in [0.1, 0.15) is 34.4 Å². The van der Waals surface area contributed by atoms with Gasteiger partial charge in [-0.3, -0.25) is 14.2 Å². The first-order valence-corrected chi connectivity index (χ1v) is 10.1. The molecule has 0 fully saturated rings. The van der Waals surface area contributed by atoms with Gasteiger partial charge in [-0.05, 0) is 38.0 Å². The van der Waals surface area contributed by atoms with Crippen LogP contribution >= 0.6 is 11.3 Å². The number of amides is 1. The maximum atomic E-state index is 13.7. The number of nitrogens with one attached hydrogen (secondary N) is 1. The van der Waals surface area contributed by atoms with Crippen LogP contribution in [0, 0.1) is 18.6 Å². The Balaban J connectivity index is 1.56. The number of fused-ring (bicyclic) bond motifs is 2. The van der Waals surface area contributed by atoms with E-state index >= 15 is 0 Å². The molecule has 1 N–H and O–H groups in total. The molecule has 4 rings (SSSR count). The highest BCUT2D eigenvalue weighted by atomic mass is 32.1. The van der Waals surface area contributed by atoms with Gasteiger partial charge in [0.2, 0.25) is 0 Å². The summed E-state index contributed by atoms with van der Waals surface area (Å²) in [5, 5.41) is 2.45. The van der Waals surface area contributed by atoms with E-state index in [0.29, 0.717) is 34.6 Å². The van der Waals surface area contributed by atoms with Crippen molar-refractivity contribution in [3.05, 3.63) is 56.5 Å². The number of para-hydroxylation sites is 1. The number of halogens is 2. The molecule has 10 heteroatoms. The minimum Gasteiger partial charge on any atom is -0.448 e. The first kappa shape index (κ1) is 20.1. The van der Waals surface area contributed by atoms with Crippen LogP contribution in [0.2, 0.25) is 0 Å². The Kier molecular flexibility index (Phi) is 5.10. The lowest BCUT2D eigenvalue weighted by Crippen LogP contribution is -2.30. The normalized spacial score (nSPS) is 13.9. The average molecular weight is 433 g/mol. The van der Waals surface area contributed by atoms with Gasteiger partial charge < -0.3 is 10.1 Å². The lowest BCUT2D eigenvalue weighted by Gasteiger charge is -2.14. The molecule has 1 aliphatic heterocycles. The van der Waals surface area contributed by atoms with Crippen LogP contribution in [-0.4, -0.2) is 27.5 Å². The summed E-state index contributed by atoms with van der Waals surface area (Å²) in [5.74, 6) is -2.89. The number of anilines is 1. The molecule has 1 atom stereocenters. The molecule has 0 radical (unpaired) electrons. The van der Waals surface area contributed by atoms with Gasteiger partial charge in [-0.1, -0.05) is 6.07 Å². The van der Waals surface area contributed by atoms with E-state index in [1.165, 1.54) is 13.0 Å². The smallest absolute Gasteiger partial charge is 0.349 e. The van der Waals surface area contributed by atoms with Crippen LogP contribution < -0.4 is 10.9 Å². The van der Waals surface area contributed by atoms with Gasteiger partial charge >= 0.3 is 5.97 Å². The largest absolute Gasteiger partial charge is 0.448 e. The number of ether oxygens (including phenoxy) is 1. The van der Waals surface area contributed by atoms with Crippen molar-refractivity contribution in [2.75, 3.05) is 5.32 Å². The third-order valence-electron chi connectivity index (χ3n) is 4.96. The van der Waals surface area contributed by atoms with Crippen LogP contribution in [0.5, 0.6) is 0 Å². The zero-order chi connectivity index (χ0) is 21.6. The number of thiophene rings is 1. The van der Waals surface area contributed by atoms with E-state index in [1.807, 2.05) is 0 Å². The lowest BCUT2D eigenvalue weighted by molar-refractivity contribution is -0.123. The van der Waals surface area contributed by atoms with Crippen LogP contribution in [0.4, 0.5) is 14.5 Å². The molecule has 2 aromatic heterocycles. The number of hydrogen-bond donors (Lipinski definition) is 1. The first-order chi connectivity index (χ1) is 14.3. The van der Waals surface area contributed by atoms with E-state index in [0.717, 1.165) is 29.9 Å². The van der Waals surface area contributed by atoms with Crippen molar-refractivity contribution >= 4 is 39.1 Å². The summed E-state index contributed by atoms with van der Waals surface area (Å²) in [7, 11) is 0. The van der Waals surface area contributed by atoms with Crippen LogP contribution in [0.15, 0.2) is 23.0 Å².